The van der Waals surface area contributed by atoms with Gasteiger partial charge in [-0.3, -0.25) is 14.5 Å². The lowest BCUT2D eigenvalue weighted by atomic mass is 9.88. The predicted octanol–water partition coefficient (Wildman–Crippen LogP) is 2.85. The van der Waals surface area contributed by atoms with Crippen molar-refractivity contribution >= 4 is 17.9 Å². The summed E-state index contributed by atoms with van der Waals surface area (Å²) in [6.45, 7) is 6.89. The fourth-order valence-corrected chi connectivity index (χ4v) is 3.36. The average Bonchev–Trinajstić information content (AvgIpc) is 2.99. The molecule has 3 amide bonds. The summed E-state index contributed by atoms with van der Waals surface area (Å²) in [4.78, 5) is 42.0. The molecular formula is C17H27N5O4. The van der Waals surface area contributed by atoms with Gasteiger partial charge in [-0.25, -0.2) is 4.79 Å². The van der Waals surface area contributed by atoms with Crippen LogP contribution in [0, 0.1) is 5.92 Å². The van der Waals surface area contributed by atoms with E-state index >= 15 is 0 Å². The summed E-state index contributed by atoms with van der Waals surface area (Å²) in [5.74, 6) is -0.430. The Balaban J connectivity index is 1.91. The van der Waals surface area contributed by atoms with Gasteiger partial charge < -0.3 is 9.64 Å². The summed E-state index contributed by atoms with van der Waals surface area (Å²) >= 11 is 0. The lowest BCUT2D eigenvalue weighted by Gasteiger charge is -2.35. The first-order valence-corrected chi connectivity index (χ1v) is 9.06. The Morgan fingerprint density at radius 2 is 1.96 bits per heavy atom. The number of rotatable bonds is 4. The van der Waals surface area contributed by atoms with Gasteiger partial charge in [-0.2, -0.15) is 0 Å². The quantitative estimate of drug-likeness (QED) is 0.432. The number of azide groups is 1. The van der Waals surface area contributed by atoms with Crippen LogP contribution in [0.1, 0.15) is 52.9 Å². The maximum Gasteiger partial charge on any atom is 0.410 e. The molecule has 2 rings (SSSR count). The van der Waals surface area contributed by atoms with Crippen LogP contribution in [0.25, 0.3) is 10.4 Å². The molecule has 0 N–H and O–H groups in total. The molecular weight excluding hydrogens is 338 g/mol. The van der Waals surface area contributed by atoms with E-state index in [1.807, 2.05) is 20.8 Å². The van der Waals surface area contributed by atoms with E-state index in [9.17, 15) is 14.4 Å². The van der Waals surface area contributed by atoms with E-state index in [0.29, 0.717) is 45.3 Å². The molecule has 0 aliphatic carbocycles. The minimum atomic E-state index is -0.545. The highest BCUT2D eigenvalue weighted by atomic mass is 16.6. The fourth-order valence-electron chi connectivity index (χ4n) is 3.36. The lowest BCUT2D eigenvalue weighted by molar-refractivity contribution is -0.142. The van der Waals surface area contributed by atoms with Crippen molar-refractivity contribution in [3.63, 3.8) is 0 Å². The number of imide groups is 1. The molecule has 0 aromatic carbocycles. The number of amides is 3. The topological polar surface area (TPSA) is 116 Å². The fraction of sp³-hybridized carbons (Fsp3) is 0.824. The SMILES string of the molecule is CC(C)(C)OC(=O)N1CCC([C@@H](CC(=O)N2CCCC2=O)N=[N+]=[N-])CC1. The van der Waals surface area contributed by atoms with E-state index in [2.05, 4.69) is 10.0 Å². The van der Waals surface area contributed by atoms with Crippen molar-refractivity contribution < 1.29 is 19.1 Å². The average molecular weight is 365 g/mol. The Kier molecular flexibility index (Phi) is 6.47. The molecule has 2 heterocycles. The third kappa shape index (κ3) is 5.36. The molecule has 0 saturated carbocycles. The molecule has 1 atom stereocenters. The number of ether oxygens (including phenoxy) is 1. The number of piperidine rings is 1. The van der Waals surface area contributed by atoms with Gasteiger partial charge in [-0.05, 0) is 51.5 Å². The van der Waals surface area contributed by atoms with E-state index < -0.39 is 11.6 Å². The summed E-state index contributed by atoms with van der Waals surface area (Å²) in [5.41, 5.74) is 8.30. The van der Waals surface area contributed by atoms with Crippen LogP contribution in [-0.4, -0.2) is 59.0 Å². The van der Waals surface area contributed by atoms with E-state index in [1.54, 1.807) is 4.90 Å². The van der Waals surface area contributed by atoms with Gasteiger partial charge in [-0.15, -0.1) is 0 Å². The number of likely N-dealkylation sites (tertiary alicyclic amines) is 2. The molecule has 2 fully saturated rings. The Morgan fingerprint density at radius 1 is 1.31 bits per heavy atom. The van der Waals surface area contributed by atoms with Gasteiger partial charge in [0.1, 0.15) is 5.60 Å². The van der Waals surface area contributed by atoms with Crippen LogP contribution in [0.2, 0.25) is 0 Å². The third-order valence-corrected chi connectivity index (χ3v) is 4.69. The zero-order valence-electron chi connectivity index (χ0n) is 15.7. The van der Waals surface area contributed by atoms with Crippen LogP contribution < -0.4 is 0 Å². The maximum absolute atomic E-state index is 12.4. The Bertz CT molecular complexity index is 601. The smallest absolute Gasteiger partial charge is 0.410 e. The van der Waals surface area contributed by atoms with E-state index in [4.69, 9.17) is 10.3 Å². The van der Waals surface area contributed by atoms with Gasteiger partial charge in [0.25, 0.3) is 0 Å². The van der Waals surface area contributed by atoms with Crippen LogP contribution >= 0.6 is 0 Å². The summed E-state index contributed by atoms with van der Waals surface area (Å²) in [7, 11) is 0. The lowest BCUT2D eigenvalue weighted by Crippen LogP contribution is -2.44. The highest BCUT2D eigenvalue weighted by molar-refractivity contribution is 5.96. The van der Waals surface area contributed by atoms with Crippen LogP contribution in [0.15, 0.2) is 5.11 Å². The molecule has 0 aromatic rings. The van der Waals surface area contributed by atoms with Gasteiger partial charge in [0.2, 0.25) is 11.8 Å². The second kappa shape index (κ2) is 8.40. The number of nitrogens with zero attached hydrogens (tertiary/aromatic N) is 5. The molecule has 2 saturated heterocycles. The largest absolute Gasteiger partial charge is 0.444 e. The molecule has 9 heteroatoms. The van der Waals surface area contributed by atoms with Gasteiger partial charge in [0, 0.05) is 43.4 Å². The van der Waals surface area contributed by atoms with Gasteiger partial charge in [0.15, 0.2) is 0 Å². The van der Waals surface area contributed by atoms with Crippen molar-refractivity contribution in [1.82, 2.24) is 9.80 Å². The molecule has 144 valence electrons. The number of carbonyl (C=O) groups is 3. The molecule has 2 aliphatic heterocycles. The van der Waals surface area contributed by atoms with Crippen LogP contribution in [0.4, 0.5) is 4.79 Å². The van der Waals surface area contributed by atoms with Crippen molar-refractivity contribution in [3.8, 4) is 0 Å². The number of hydrogen-bond donors (Lipinski definition) is 0. The van der Waals surface area contributed by atoms with Crippen LogP contribution in [-0.2, 0) is 14.3 Å². The second-order valence-corrected chi connectivity index (χ2v) is 7.82. The molecule has 0 unspecified atom stereocenters. The number of carbonyl (C=O) groups excluding carboxylic acids is 3. The second-order valence-electron chi connectivity index (χ2n) is 7.82. The maximum atomic E-state index is 12.4. The highest BCUT2D eigenvalue weighted by Crippen LogP contribution is 2.27. The first kappa shape index (κ1) is 20.0. The summed E-state index contributed by atoms with van der Waals surface area (Å²) < 4.78 is 5.37. The monoisotopic (exact) mass is 365 g/mol. The van der Waals surface area contributed by atoms with E-state index in [0.717, 1.165) is 0 Å². The zero-order valence-corrected chi connectivity index (χ0v) is 15.7. The third-order valence-electron chi connectivity index (χ3n) is 4.69. The van der Waals surface area contributed by atoms with Gasteiger partial charge >= 0.3 is 6.09 Å². The molecule has 0 aromatic heterocycles. The first-order chi connectivity index (χ1) is 12.2. The van der Waals surface area contributed by atoms with Crippen molar-refractivity contribution in [2.45, 2.75) is 64.5 Å². The summed E-state index contributed by atoms with van der Waals surface area (Å²) in [6, 6.07) is -0.498. The predicted molar refractivity (Wildman–Crippen MR) is 94.0 cm³/mol. The highest BCUT2D eigenvalue weighted by Gasteiger charge is 2.34. The van der Waals surface area contributed by atoms with Crippen molar-refractivity contribution in [1.29, 1.82) is 0 Å². The van der Waals surface area contributed by atoms with Crippen LogP contribution in [0.5, 0.6) is 0 Å². The first-order valence-electron chi connectivity index (χ1n) is 9.06. The minimum absolute atomic E-state index is 0.00578. The minimum Gasteiger partial charge on any atom is -0.444 e. The Morgan fingerprint density at radius 3 is 2.46 bits per heavy atom. The van der Waals surface area contributed by atoms with Gasteiger partial charge in [-0.1, -0.05) is 5.11 Å². The Hall–Kier alpha value is -2.28. The normalized spacial score (nSPS) is 19.9. The summed E-state index contributed by atoms with van der Waals surface area (Å²) in [5, 5.41) is 3.80. The molecule has 0 spiro atoms. The van der Waals surface area contributed by atoms with E-state index in [1.165, 1.54) is 4.90 Å². The summed E-state index contributed by atoms with van der Waals surface area (Å²) in [6.07, 6.45) is 2.02. The molecule has 26 heavy (non-hydrogen) atoms. The van der Waals surface area contributed by atoms with Crippen molar-refractivity contribution in [3.05, 3.63) is 10.4 Å². The van der Waals surface area contributed by atoms with Crippen LogP contribution in [0.3, 0.4) is 0 Å². The zero-order chi connectivity index (χ0) is 19.3. The Labute approximate surface area is 153 Å². The molecule has 0 radical (unpaired) electrons. The van der Waals surface area contributed by atoms with Gasteiger partial charge in [0.05, 0.1) is 0 Å². The standard InChI is InChI=1S/C17H27N5O4/c1-17(2,3)26-16(25)21-9-6-12(7-10-21)13(19-20-18)11-15(24)22-8-4-5-14(22)23/h12-13H,4-11H2,1-3H3/t13-/m1/s1. The van der Waals surface area contributed by atoms with E-state index in [-0.39, 0.29) is 30.2 Å². The number of hydrogen-bond acceptors (Lipinski definition) is 5. The van der Waals surface area contributed by atoms with Crippen molar-refractivity contribution in [2.24, 2.45) is 11.0 Å². The molecule has 9 nitrogen and oxygen atoms in total. The molecule has 2 aliphatic rings. The van der Waals surface area contributed by atoms with Crippen molar-refractivity contribution in [2.75, 3.05) is 19.6 Å². The molecule has 0 bridgehead atoms.